The lowest BCUT2D eigenvalue weighted by Gasteiger charge is -2.14. The first-order valence-corrected chi connectivity index (χ1v) is 7.77. The first-order chi connectivity index (χ1) is 13.0. The van der Waals surface area contributed by atoms with Gasteiger partial charge in [0.05, 0.1) is 17.5 Å². The minimum Gasteiger partial charge on any atom is -0.504 e. The molecule has 0 atom stereocenters. The number of hydrogen-bond acceptors (Lipinski definition) is 5. The zero-order chi connectivity index (χ0) is 21.1. The lowest BCUT2D eigenvalue weighted by Crippen LogP contribution is -2.13. The van der Waals surface area contributed by atoms with Gasteiger partial charge in [0.2, 0.25) is 0 Å². The molecule has 0 unspecified atom stereocenters. The van der Waals surface area contributed by atoms with Gasteiger partial charge in [-0.2, -0.15) is 18.4 Å². The lowest BCUT2D eigenvalue weighted by atomic mass is 9.99. The van der Waals surface area contributed by atoms with Crippen LogP contribution in [0.3, 0.4) is 0 Å². The summed E-state index contributed by atoms with van der Waals surface area (Å²) in [5.41, 5.74) is -3.34. The highest BCUT2D eigenvalue weighted by molar-refractivity contribution is 5.98. The Labute approximate surface area is 155 Å². The predicted octanol–water partition coefficient (Wildman–Crippen LogP) is 3.46. The van der Waals surface area contributed by atoms with Gasteiger partial charge in [-0.25, -0.2) is 9.37 Å². The lowest BCUT2D eigenvalue weighted by molar-refractivity contribution is -0.138. The highest BCUT2D eigenvalue weighted by atomic mass is 19.4. The number of carboxylic acids is 1. The van der Waals surface area contributed by atoms with Crippen LogP contribution in [0.5, 0.6) is 5.75 Å². The minimum atomic E-state index is -4.84. The highest BCUT2D eigenvalue weighted by Gasteiger charge is 2.34. The molecule has 0 spiro atoms. The molecule has 0 saturated heterocycles. The van der Waals surface area contributed by atoms with E-state index in [1.807, 2.05) is 0 Å². The van der Waals surface area contributed by atoms with Crippen LogP contribution < -0.4 is 0 Å². The molecule has 1 aromatic carbocycles. The van der Waals surface area contributed by atoms with Gasteiger partial charge in [0.25, 0.3) is 0 Å². The summed E-state index contributed by atoms with van der Waals surface area (Å²) < 4.78 is 53.4. The van der Waals surface area contributed by atoms with Gasteiger partial charge in [-0.15, -0.1) is 0 Å². The maximum Gasteiger partial charge on any atom is 0.416 e. The van der Waals surface area contributed by atoms with Crippen LogP contribution >= 0.6 is 0 Å². The number of carbonyl (C=O) groups is 2. The average molecular weight is 396 g/mol. The van der Waals surface area contributed by atoms with E-state index in [9.17, 15) is 32.3 Å². The van der Waals surface area contributed by atoms with Crippen LogP contribution in [0.1, 0.15) is 45.7 Å². The van der Waals surface area contributed by atoms with E-state index in [0.29, 0.717) is 6.07 Å². The molecule has 28 heavy (non-hydrogen) atoms. The number of aromatic nitrogens is 1. The molecule has 1 aromatic heterocycles. The highest BCUT2D eigenvalue weighted by Crippen LogP contribution is 2.34. The molecule has 1 heterocycles. The van der Waals surface area contributed by atoms with Gasteiger partial charge in [0.1, 0.15) is 17.6 Å². The van der Waals surface area contributed by atoms with Crippen molar-refractivity contribution in [1.82, 2.24) is 4.98 Å². The Morgan fingerprint density at radius 2 is 1.89 bits per heavy atom. The monoisotopic (exact) mass is 396 g/mol. The number of aromatic hydroxyl groups is 1. The SMILES string of the molecule is N#Cc1cc(Cc2c(F)cccc2C(F)(F)F)nc(C(=O)CCC(=O)O)c1O. The number of pyridine rings is 1. The molecule has 0 bridgehead atoms. The average Bonchev–Trinajstić information content (AvgIpc) is 2.61. The van der Waals surface area contributed by atoms with Gasteiger partial charge in [-0.3, -0.25) is 9.59 Å². The number of aliphatic carboxylic acids is 1. The molecule has 2 aromatic rings. The van der Waals surface area contributed by atoms with Crippen LogP contribution in [0.4, 0.5) is 17.6 Å². The van der Waals surface area contributed by atoms with Crippen LogP contribution in [0, 0.1) is 17.1 Å². The molecule has 146 valence electrons. The van der Waals surface area contributed by atoms with E-state index in [1.54, 1.807) is 6.07 Å². The van der Waals surface area contributed by atoms with Crippen LogP contribution in [-0.4, -0.2) is 26.9 Å². The zero-order valence-corrected chi connectivity index (χ0v) is 14.0. The van der Waals surface area contributed by atoms with Crippen molar-refractivity contribution in [3.05, 3.63) is 58.2 Å². The fourth-order valence-corrected chi connectivity index (χ4v) is 2.49. The number of carboxylic acid groups (broad SMARTS) is 1. The number of rotatable bonds is 6. The molecule has 6 nitrogen and oxygen atoms in total. The van der Waals surface area contributed by atoms with Crippen molar-refractivity contribution in [2.45, 2.75) is 25.4 Å². The fraction of sp³-hybridized carbons (Fsp3) is 0.222. The van der Waals surface area contributed by atoms with Crippen LogP contribution in [0.2, 0.25) is 0 Å². The van der Waals surface area contributed by atoms with Gasteiger partial charge in [0.15, 0.2) is 11.5 Å². The predicted molar refractivity (Wildman–Crippen MR) is 86.0 cm³/mol. The number of ketones is 1. The normalized spacial score (nSPS) is 11.1. The number of nitriles is 1. The van der Waals surface area contributed by atoms with Crippen LogP contribution in [0.25, 0.3) is 0 Å². The molecule has 0 saturated carbocycles. The minimum absolute atomic E-state index is 0.261. The number of Topliss-reactive ketones (excluding diaryl/α,β-unsaturated/α-hetero) is 1. The zero-order valence-electron chi connectivity index (χ0n) is 14.0. The third-order valence-electron chi connectivity index (χ3n) is 3.78. The topological polar surface area (TPSA) is 111 Å². The molecule has 2 rings (SSSR count). The first-order valence-electron chi connectivity index (χ1n) is 7.77. The Morgan fingerprint density at radius 1 is 1.21 bits per heavy atom. The van der Waals surface area contributed by atoms with E-state index in [2.05, 4.69) is 4.98 Å². The van der Waals surface area contributed by atoms with E-state index in [0.717, 1.165) is 18.2 Å². The second-order valence-corrected chi connectivity index (χ2v) is 5.73. The maximum atomic E-state index is 14.0. The summed E-state index contributed by atoms with van der Waals surface area (Å²) >= 11 is 0. The molecule has 0 fully saturated rings. The van der Waals surface area contributed by atoms with Crippen molar-refractivity contribution in [1.29, 1.82) is 5.26 Å². The van der Waals surface area contributed by atoms with Crippen molar-refractivity contribution in [3.8, 4) is 11.8 Å². The van der Waals surface area contributed by atoms with Crippen molar-refractivity contribution in [2.24, 2.45) is 0 Å². The third-order valence-corrected chi connectivity index (χ3v) is 3.78. The second kappa shape index (κ2) is 8.04. The second-order valence-electron chi connectivity index (χ2n) is 5.73. The van der Waals surface area contributed by atoms with Gasteiger partial charge < -0.3 is 10.2 Å². The number of nitrogens with zero attached hydrogens (tertiary/aromatic N) is 2. The Bertz CT molecular complexity index is 981. The largest absolute Gasteiger partial charge is 0.504 e. The molecule has 0 aliphatic rings. The van der Waals surface area contributed by atoms with Gasteiger partial charge in [-0.05, 0) is 18.2 Å². The maximum absolute atomic E-state index is 14.0. The van der Waals surface area contributed by atoms with Crippen molar-refractivity contribution in [2.75, 3.05) is 0 Å². The molecular weight excluding hydrogens is 384 g/mol. The summed E-state index contributed by atoms with van der Waals surface area (Å²) in [4.78, 5) is 26.4. The molecule has 2 N–H and O–H groups in total. The standard InChI is InChI=1S/C18H12F4N2O4/c19-13-3-1-2-12(18(20,21)22)11(13)7-10-6-9(8-23)17(28)16(24-10)14(25)4-5-15(26)27/h1-3,6,28H,4-5,7H2,(H,26,27). The molecule has 0 aliphatic carbocycles. The molecule has 0 radical (unpaired) electrons. The number of alkyl halides is 3. The number of halogens is 4. The van der Waals surface area contributed by atoms with Crippen molar-refractivity contribution < 1.29 is 37.4 Å². The van der Waals surface area contributed by atoms with E-state index in [1.165, 1.54) is 0 Å². The summed E-state index contributed by atoms with van der Waals surface area (Å²) in [6.07, 6.45) is -6.66. The Balaban J connectivity index is 2.51. The van der Waals surface area contributed by atoms with Gasteiger partial charge >= 0.3 is 12.1 Å². The van der Waals surface area contributed by atoms with E-state index < -0.39 is 71.1 Å². The van der Waals surface area contributed by atoms with Crippen molar-refractivity contribution >= 4 is 11.8 Å². The molecule has 10 heteroatoms. The Hall–Kier alpha value is -3.48. The Morgan fingerprint density at radius 3 is 2.46 bits per heavy atom. The van der Waals surface area contributed by atoms with Crippen molar-refractivity contribution in [3.63, 3.8) is 0 Å². The van der Waals surface area contributed by atoms with E-state index >= 15 is 0 Å². The van der Waals surface area contributed by atoms with E-state index in [-0.39, 0.29) is 5.69 Å². The van der Waals surface area contributed by atoms with Crippen LogP contribution in [0.15, 0.2) is 24.3 Å². The smallest absolute Gasteiger partial charge is 0.416 e. The van der Waals surface area contributed by atoms with Crippen LogP contribution in [-0.2, 0) is 17.4 Å². The summed E-state index contributed by atoms with van der Waals surface area (Å²) in [5, 5.41) is 27.7. The molecular formula is C18H12F4N2O4. The molecule has 0 aliphatic heterocycles. The molecule has 0 amide bonds. The Kier molecular flexibility index (Phi) is 5.98. The summed E-state index contributed by atoms with van der Waals surface area (Å²) in [6.45, 7) is 0. The summed E-state index contributed by atoms with van der Waals surface area (Å²) in [7, 11) is 0. The number of hydrogen-bond donors (Lipinski definition) is 2. The van der Waals surface area contributed by atoms with Gasteiger partial charge in [0, 0.05) is 24.1 Å². The van der Waals surface area contributed by atoms with Gasteiger partial charge in [-0.1, -0.05) is 6.07 Å². The number of benzene rings is 1. The summed E-state index contributed by atoms with van der Waals surface area (Å²) in [6, 6.07) is 4.92. The quantitative estimate of drug-likeness (QED) is 0.571. The fourth-order valence-electron chi connectivity index (χ4n) is 2.49. The summed E-state index contributed by atoms with van der Waals surface area (Å²) in [5.74, 6) is -4.17. The first kappa shape index (κ1) is 20.8. The third kappa shape index (κ3) is 4.62. The van der Waals surface area contributed by atoms with E-state index in [4.69, 9.17) is 10.4 Å². The number of carbonyl (C=O) groups excluding carboxylic acids is 1.